The fourth-order valence-electron chi connectivity index (χ4n) is 2.32. The van der Waals surface area contributed by atoms with Crippen LogP contribution in [0.3, 0.4) is 0 Å². The van der Waals surface area contributed by atoms with Crippen molar-refractivity contribution in [2.75, 3.05) is 5.73 Å². The molecule has 0 aliphatic rings. The molecule has 0 radical (unpaired) electrons. The third-order valence-electron chi connectivity index (χ3n) is 3.54. The molecule has 0 aliphatic heterocycles. The van der Waals surface area contributed by atoms with E-state index in [4.69, 9.17) is 5.73 Å². The van der Waals surface area contributed by atoms with Gasteiger partial charge in [-0.2, -0.15) is 4.68 Å². The number of rotatable bonds is 3. The van der Waals surface area contributed by atoms with Crippen molar-refractivity contribution in [1.29, 1.82) is 0 Å². The summed E-state index contributed by atoms with van der Waals surface area (Å²) in [6, 6.07) is 14.0. The van der Waals surface area contributed by atoms with Crippen molar-refractivity contribution in [3.05, 3.63) is 53.6 Å². The molecule has 3 aromatic rings. The number of anilines is 1. The van der Waals surface area contributed by atoms with Crippen molar-refractivity contribution >= 4 is 5.69 Å². The number of nitrogens with zero attached hydrogens (tertiary/aromatic N) is 4. The number of benzene rings is 2. The Morgan fingerprint density at radius 2 is 2.00 bits per heavy atom. The van der Waals surface area contributed by atoms with E-state index in [9.17, 15) is 0 Å². The van der Waals surface area contributed by atoms with Gasteiger partial charge in [0.2, 0.25) is 0 Å². The topological polar surface area (TPSA) is 69.6 Å². The van der Waals surface area contributed by atoms with Gasteiger partial charge in [0.1, 0.15) is 0 Å². The summed E-state index contributed by atoms with van der Waals surface area (Å²) in [5.74, 6) is 0.702. The maximum absolute atomic E-state index is 5.89. The molecular weight excluding hydrogens is 262 g/mol. The van der Waals surface area contributed by atoms with E-state index in [1.165, 1.54) is 5.56 Å². The van der Waals surface area contributed by atoms with Crippen molar-refractivity contribution in [3.8, 4) is 17.1 Å². The molecule has 0 unspecified atom stereocenters. The van der Waals surface area contributed by atoms with E-state index in [1.54, 1.807) is 4.68 Å². The summed E-state index contributed by atoms with van der Waals surface area (Å²) in [5, 5.41) is 12.1. The number of hydrogen-bond donors (Lipinski definition) is 1. The zero-order valence-corrected chi connectivity index (χ0v) is 12.1. The number of hydrogen-bond acceptors (Lipinski definition) is 4. The van der Waals surface area contributed by atoms with Gasteiger partial charge in [-0.3, -0.25) is 0 Å². The molecule has 5 nitrogen and oxygen atoms in total. The number of aryl methyl sites for hydroxylation is 2. The summed E-state index contributed by atoms with van der Waals surface area (Å²) in [4.78, 5) is 0. The van der Waals surface area contributed by atoms with Crippen molar-refractivity contribution < 1.29 is 0 Å². The largest absolute Gasteiger partial charge is 0.399 e. The van der Waals surface area contributed by atoms with Gasteiger partial charge in [-0.1, -0.05) is 25.1 Å². The second-order valence-electron chi connectivity index (χ2n) is 5.01. The van der Waals surface area contributed by atoms with Gasteiger partial charge in [0.25, 0.3) is 0 Å². The molecule has 0 amide bonds. The van der Waals surface area contributed by atoms with Crippen LogP contribution in [0.4, 0.5) is 5.69 Å². The molecule has 21 heavy (non-hydrogen) atoms. The molecule has 0 spiro atoms. The second-order valence-corrected chi connectivity index (χ2v) is 5.01. The minimum atomic E-state index is 0.701. The maximum Gasteiger partial charge on any atom is 0.187 e. The highest BCUT2D eigenvalue weighted by atomic mass is 15.5. The number of tetrazole rings is 1. The molecule has 0 fully saturated rings. The summed E-state index contributed by atoms with van der Waals surface area (Å²) in [6.07, 6.45) is 0.975. The summed E-state index contributed by atoms with van der Waals surface area (Å²) >= 11 is 0. The predicted molar refractivity (Wildman–Crippen MR) is 83.1 cm³/mol. The van der Waals surface area contributed by atoms with Gasteiger partial charge < -0.3 is 5.73 Å². The quantitative estimate of drug-likeness (QED) is 0.748. The van der Waals surface area contributed by atoms with Gasteiger partial charge >= 0.3 is 0 Å². The van der Waals surface area contributed by atoms with Gasteiger partial charge in [-0.15, -0.1) is 5.10 Å². The third kappa shape index (κ3) is 2.50. The highest BCUT2D eigenvalue weighted by molar-refractivity contribution is 5.66. The van der Waals surface area contributed by atoms with Gasteiger partial charge in [0, 0.05) is 11.3 Å². The van der Waals surface area contributed by atoms with Crippen LogP contribution in [0, 0.1) is 6.92 Å². The summed E-state index contributed by atoms with van der Waals surface area (Å²) in [5.41, 5.74) is 10.8. The molecule has 5 heteroatoms. The monoisotopic (exact) mass is 279 g/mol. The molecule has 3 rings (SSSR count). The minimum absolute atomic E-state index is 0.701. The van der Waals surface area contributed by atoms with Gasteiger partial charge in [-0.25, -0.2) is 0 Å². The maximum atomic E-state index is 5.89. The fourth-order valence-corrected chi connectivity index (χ4v) is 2.32. The molecule has 0 aliphatic carbocycles. The first-order valence-corrected chi connectivity index (χ1v) is 6.93. The number of nitrogen functional groups attached to an aromatic ring is 1. The van der Waals surface area contributed by atoms with E-state index < -0.39 is 0 Å². The van der Waals surface area contributed by atoms with E-state index in [-0.39, 0.29) is 0 Å². The van der Waals surface area contributed by atoms with Crippen LogP contribution in [0.25, 0.3) is 17.1 Å². The van der Waals surface area contributed by atoms with Crippen molar-refractivity contribution in [1.82, 2.24) is 20.2 Å². The Balaban J connectivity index is 2.14. The third-order valence-corrected chi connectivity index (χ3v) is 3.54. The first-order chi connectivity index (χ1) is 10.2. The number of nitrogens with two attached hydrogens (primary N) is 1. The second kappa shape index (κ2) is 5.36. The smallest absolute Gasteiger partial charge is 0.187 e. The highest BCUT2D eigenvalue weighted by Crippen LogP contribution is 2.25. The van der Waals surface area contributed by atoms with Gasteiger partial charge in [-0.05, 0) is 59.2 Å². The van der Waals surface area contributed by atoms with Crippen LogP contribution < -0.4 is 5.73 Å². The Morgan fingerprint density at radius 1 is 1.14 bits per heavy atom. The van der Waals surface area contributed by atoms with Crippen LogP contribution in [0.15, 0.2) is 42.5 Å². The Hall–Kier alpha value is -2.69. The van der Waals surface area contributed by atoms with Crippen LogP contribution in [0.2, 0.25) is 0 Å². The van der Waals surface area contributed by atoms with Crippen LogP contribution in [-0.2, 0) is 6.42 Å². The minimum Gasteiger partial charge on any atom is -0.399 e. The Morgan fingerprint density at radius 3 is 2.81 bits per heavy atom. The van der Waals surface area contributed by atoms with Crippen LogP contribution >= 0.6 is 0 Å². The molecule has 0 saturated heterocycles. The molecule has 0 saturated carbocycles. The first kappa shape index (κ1) is 13.3. The SMILES string of the molecule is CCc1cccc(-n2nnnc2-c2cc(N)ccc2C)c1. The van der Waals surface area contributed by atoms with Crippen LogP contribution in [-0.4, -0.2) is 20.2 Å². The van der Waals surface area contributed by atoms with E-state index >= 15 is 0 Å². The van der Waals surface area contributed by atoms with Gasteiger partial charge in [0.15, 0.2) is 5.82 Å². The van der Waals surface area contributed by atoms with Crippen molar-refractivity contribution in [2.45, 2.75) is 20.3 Å². The van der Waals surface area contributed by atoms with Crippen LogP contribution in [0.1, 0.15) is 18.1 Å². The van der Waals surface area contributed by atoms with Crippen molar-refractivity contribution in [2.24, 2.45) is 0 Å². The molecule has 0 atom stereocenters. The average Bonchev–Trinajstić information content (AvgIpc) is 2.99. The molecular formula is C16H17N5. The summed E-state index contributed by atoms with van der Waals surface area (Å²) in [7, 11) is 0. The molecule has 106 valence electrons. The summed E-state index contributed by atoms with van der Waals surface area (Å²) < 4.78 is 1.75. The highest BCUT2D eigenvalue weighted by Gasteiger charge is 2.13. The molecule has 1 heterocycles. The first-order valence-electron chi connectivity index (χ1n) is 6.93. The Kier molecular flexibility index (Phi) is 3.39. The van der Waals surface area contributed by atoms with Gasteiger partial charge in [0.05, 0.1) is 5.69 Å². The standard InChI is InChI=1S/C16H17N5/c1-3-12-5-4-6-14(9-12)21-16(18-19-20-21)15-10-13(17)8-7-11(15)2/h4-10H,3,17H2,1-2H3. The zero-order chi connectivity index (χ0) is 14.8. The van der Waals surface area contributed by atoms with Crippen molar-refractivity contribution in [3.63, 3.8) is 0 Å². The van der Waals surface area contributed by atoms with E-state index in [0.29, 0.717) is 11.5 Å². The summed E-state index contributed by atoms with van der Waals surface area (Å²) in [6.45, 7) is 4.15. The molecule has 1 aromatic heterocycles. The Bertz CT molecular complexity index is 776. The van der Waals surface area contributed by atoms with Crippen LogP contribution in [0.5, 0.6) is 0 Å². The van der Waals surface area contributed by atoms with E-state index in [0.717, 1.165) is 23.2 Å². The number of aromatic nitrogens is 4. The normalized spacial score (nSPS) is 10.8. The van der Waals surface area contributed by atoms with E-state index in [1.807, 2.05) is 37.3 Å². The Labute approximate surface area is 123 Å². The lowest BCUT2D eigenvalue weighted by Crippen LogP contribution is -2.02. The lowest BCUT2D eigenvalue weighted by molar-refractivity contribution is 0.790. The molecule has 0 bridgehead atoms. The molecule has 2 aromatic carbocycles. The van der Waals surface area contributed by atoms with E-state index in [2.05, 4.69) is 34.6 Å². The predicted octanol–water partition coefficient (Wildman–Crippen LogP) is 2.78. The fraction of sp³-hybridized carbons (Fsp3) is 0.188. The lowest BCUT2D eigenvalue weighted by Gasteiger charge is -2.09. The average molecular weight is 279 g/mol. The molecule has 2 N–H and O–H groups in total. The zero-order valence-electron chi connectivity index (χ0n) is 12.1. The lowest BCUT2D eigenvalue weighted by atomic mass is 10.1.